The molecule has 0 aliphatic rings. The number of aromatic amines is 1. The largest absolute Gasteiger partial charge is 0.351 e. The lowest BCUT2D eigenvalue weighted by Gasteiger charge is -2.08. The third-order valence-electron chi connectivity index (χ3n) is 4.92. The second-order valence-electron chi connectivity index (χ2n) is 7.12. The predicted molar refractivity (Wildman–Crippen MR) is 117 cm³/mol. The lowest BCUT2D eigenvalue weighted by atomic mass is 10.1. The molecular weight excluding hydrogens is 416 g/mol. The van der Waals surface area contributed by atoms with Crippen molar-refractivity contribution in [3.63, 3.8) is 0 Å². The molecule has 2 aromatic heterocycles. The highest BCUT2D eigenvalue weighted by molar-refractivity contribution is 9.10. The zero-order chi connectivity index (χ0) is 20.0. The summed E-state index contributed by atoms with van der Waals surface area (Å²) in [5, 5.41) is 8.61. The Bertz CT molecular complexity index is 1200. The van der Waals surface area contributed by atoms with Crippen molar-refractivity contribution in [3.8, 4) is 11.1 Å². The average molecular weight is 437 g/mol. The monoisotopic (exact) mass is 436 g/mol. The molecular formula is C22H21BrN4O. The molecule has 2 heterocycles. The Morgan fingerprint density at radius 2 is 1.82 bits per heavy atom. The van der Waals surface area contributed by atoms with Crippen molar-refractivity contribution in [1.29, 1.82) is 0 Å². The van der Waals surface area contributed by atoms with Crippen LogP contribution in [0.5, 0.6) is 0 Å². The van der Waals surface area contributed by atoms with E-state index in [9.17, 15) is 4.79 Å². The fourth-order valence-electron chi connectivity index (χ4n) is 3.66. The van der Waals surface area contributed by atoms with E-state index in [-0.39, 0.29) is 5.91 Å². The van der Waals surface area contributed by atoms with Gasteiger partial charge in [-0.15, -0.1) is 0 Å². The number of fused-ring (bicyclic) bond motifs is 1. The number of anilines is 1. The summed E-state index contributed by atoms with van der Waals surface area (Å²) >= 11 is 3.46. The summed E-state index contributed by atoms with van der Waals surface area (Å²) in [6.45, 7) is 6.05. The lowest BCUT2D eigenvalue weighted by Crippen LogP contribution is -2.15. The van der Waals surface area contributed by atoms with E-state index in [1.54, 1.807) is 4.68 Å². The van der Waals surface area contributed by atoms with Crippen molar-refractivity contribution in [1.82, 2.24) is 14.8 Å². The van der Waals surface area contributed by atoms with Gasteiger partial charge in [0.2, 0.25) is 0 Å². The van der Waals surface area contributed by atoms with Gasteiger partial charge >= 0.3 is 0 Å². The van der Waals surface area contributed by atoms with Crippen molar-refractivity contribution >= 4 is 38.6 Å². The average Bonchev–Trinajstić information content (AvgIpc) is 3.17. The maximum Gasteiger partial charge on any atom is 0.273 e. The maximum absolute atomic E-state index is 13.0. The Balaban J connectivity index is 1.72. The topological polar surface area (TPSA) is 62.7 Å². The van der Waals surface area contributed by atoms with Gasteiger partial charge in [-0.05, 0) is 61.7 Å². The molecule has 0 fully saturated rings. The second kappa shape index (κ2) is 6.95. The van der Waals surface area contributed by atoms with Gasteiger partial charge in [0.1, 0.15) is 11.5 Å². The van der Waals surface area contributed by atoms with E-state index in [0.29, 0.717) is 11.5 Å². The first kappa shape index (κ1) is 18.5. The van der Waals surface area contributed by atoms with Gasteiger partial charge in [-0.2, -0.15) is 5.10 Å². The number of rotatable bonds is 3. The summed E-state index contributed by atoms with van der Waals surface area (Å²) < 4.78 is 2.72. The van der Waals surface area contributed by atoms with Gasteiger partial charge in [-0.3, -0.25) is 9.48 Å². The molecule has 0 radical (unpaired) electrons. The molecule has 4 aromatic rings. The molecule has 0 spiro atoms. The van der Waals surface area contributed by atoms with Gasteiger partial charge < -0.3 is 10.3 Å². The highest BCUT2D eigenvalue weighted by atomic mass is 79.9. The number of benzene rings is 2. The molecule has 1 amide bonds. The first-order valence-electron chi connectivity index (χ1n) is 9.04. The summed E-state index contributed by atoms with van der Waals surface area (Å²) in [7, 11) is 1.84. The predicted octanol–water partition coefficient (Wildman–Crippen LogP) is 5.51. The van der Waals surface area contributed by atoms with Crippen LogP contribution in [0.3, 0.4) is 0 Å². The van der Waals surface area contributed by atoms with E-state index in [4.69, 9.17) is 0 Å². The van der Waals surface area contributed by atoms with Crippen LogP contribution < -0.4 is 5.32 Å². The molecule has 2 N–H and O–H groups in total. The van der Waals surface area contributed by atoms with E-state index in [1.165, 1.54) is 5.56 Å². The van der Waals surface area contributed by atoms with Crippen LogP contribution in [0.2, 0.25) is 0 Å². The smallest absolute Gasteiger partial charge is 0.273 e. The normalized spacial score (nSPS) is 11.2. The molecule has 0 unspecified atom stereocenters. The van der Waals surface area contributed by atoms with Crippen molar-refractivity contribution in [2.75, 3.05) is 5.32 Å². The third-order valence-corrected chi connectivity index (χ3v) is 5.45. The molecule has 0 aliphatic carbocycles. The van der Waals surface area contributed by atoms with Gasteiger partial charge in [-0.25, -0.2) is 0 Å². The van der Waals surface area contributed by atoms with Crippen LogP contribution in [0.4, 0.5) is 5.82 Å². The molecule has 6 heteroatoms. The Morgan fingerprint density at radius 1 is 1.11 bits per heavy atom. The number of aromatic nitrogens is 3. The number of nitrogens with one attached hydrogen (secondary N) is 2. The quantitative estimate of drug-likeness (QED) is 0.444. The Labute approximate surface area is 171 Å². The van der Waals surface area contributed by atoms with Crippen LogP contribution in [0.25, 0.3) is 22.0 Å². The van der Waals surface area contributed by atoms with Crippen molar-refractivity contribution in [3.05, 3.63) is 69.5 Å². The zero-order valence-corrected chi connectivity index (χ0v) is 17.8. The molecule has 0 saturated carbocycles. The number of carbonyl (C=O) groups is 1. The minimum absolute atomic E-state index is 0.186. The van der Waals surface area contributed by atoms with E-state index >= 15 is 0 Å². The molecule has 142 valence electrons. The van der Waals surface area contributed by atoms with Gasteiger partial charge in [-0.1, -0.05) is 34.1 Å². The number of nitrogens with zero attached hydrogens (tertiary/aromatic N) is 2. The van der Waals surface area contributed by atoms with Crippen LogP contribution in [0.15, 0.2) is 46.9 Å². The summed E-state index contributed by atoms with van der Waals surface area (Å²) in [5.74, 6) is 0.492. The maximum atomic E-state index is 13.0. The molecule has 0 atom stereocenters. The number of hydrogen-bond acceptors (Lipinski definition) is 2. The first-order chi connectivity index (χ1) is 13.3. The van der Waals surface area contributed by atoms with Crippen molar-refractivity contribution < 1.29 is 4.79 Å². The van der Waals surface area contributed by atoms with Crippen LogP contribution in [0.1, 0.15) is 27.3 Å². The van der Waals surface area contributed by atoms with Crippen LogP contribution in [0, 0.1) is 20.8 Å². The van der Waals surface area contributed by atoms with E-state index in [2.05, 4.69) is 57.3 Å². The highest BCUT2D eigenvalue weighted by Crippen LogP contribution is 2.32. The number of halogens is 1. The van der Waals surface area contributed by atoms with Gasteiger partial charge in [0.15, 0.2) is 0 Å². The first-order valence-corrected chi connectivity index (χ1v) is 9.83. The summed E-state index contributed by atoms with van der Waals surface area (Å²) in [6.07, 6.45) is 0. The molecule has 28 heavy (non-hydrogen) atoms. The fourth-order valence-corrected chi connectivity index (χ4v) is 3.92. The molecule has 5 nitrogen and oxygen atoms in total. The number of aryl methyl sites for hydroxylation is 4. The number of H-pyrrole nitrogens is 1. The van der Waals surface area contributed by atoms with Gasteiger partial charge in [0, 0.05) is 28.0 Å². The summed E-state index contributed by atoms with van der Waals surface area (Å²) in [5.41, 5.74) is 6.61. The van der Waals surface area contributed by atoms with Crippen molar-refractivity contribution in [2.24, 2.45) is 7.05 Å². The standard InChI is InChI=1S/C22H21BrN4O/c1-12-9-13(2)17-11-19(24-18(17)10-12)22(28)25-21-20(14(3)26-27(21)4)15-5-7-16(23)8-6-15/h5-11,24H,1-4H3,(H,25,28). The minimum atomic E-state index is -0.186. The van der Waals surface area contributed by atoms with Gasteiger partial charge in [0.25, 0.3) is 5.91 Å². The number of amides is 1. The SMILES string of the molecule is Cc1cc(C)c2cc(C(=O)Nc3c(-c4ccc(Br)cc4)c(C)nn3C)[nH]c2c1. The van der Waals surface area contributed by atoms with E-state index in [0.717, 1.165) is 37.8 Å². The Kier molecular flexibility index (Phi) is 4.59. The van der Waals surface area contributed by atoms with Crippen LogP contribution >= 0.6 is 15.9 Å². The molecule has 0 bridgehead atoms. The third kappa shape index (κ3) is 3.24. The zero-order valence-electron chi connectivity index (χ0n) is 16.2. The minimum Gasteiger partial charge on any atom is -0.351 e. The summed E-state index contributed by atoms with van der Waals surface area (Å²) in [4.78, 5) is 16.2. The Morgan fingerprint density at radius 3 is 2.54 bits per heavy atom. The molecule has 4 rings (SSSR count). The van der Waals surface area contributed by atoms with Gasteiger partial charge in [0.05, 0.1) is 5.69 Å². The number of carbonyl (C=O) groups excluding carboxylic acids is 1. The molecule has 2 aromatic carbocycles. The summed E-state index contributed by atoms with van der Waals surface area (Å²) in [6, 6.07) is 14.1. The van der Waals surface area contributed by atoms with Crippen molar-refractivity contribution in [2.45, 2.75) is 20.8 Å². The number of hydrogen-bond donors (Lipinski definition) is 2. The highest BCUT2D eigenvalue weighted by Gasteiger charge is 2.19. The fraction of sp³-hybridized carbons (Fsp3) is 0.182. The second-order valence-corrected chi connectivity index (χ2v) is 8.04. The van der Waals surface area contributed by atoms with E-state index < -0.39 is 0 Å². The molecule has 0 saturated heterocycles. The van der Waals surface area contributed by atoms with E-state index in [1.807, 2.05) is 44.3 Å². The van der Waals surface area contributed by atoms with Crippen LogP contribution in [-0.2, 0) is 7.05 Å². The van der Waals surface area contributed by atoms with Crippen LogP contribution in [-0.4, -0.2) is 20.7 Å². The molecule has 0 aliphatic heterocycles. The lowest BCUT2D eigenvalue weighted by molar-refractivity contribution is 0.102. The Hall–Kier alpha value is -2.86.